The van der Waals surface area contributed by atoms with Gasteiger partial charge in [0, 0.05) is 35.5 Å². The van der Waals surface area contributed by atoms with Gasteiger partial charge in [-0.1, -0.05) is 25.1 Å². The van der Waals surface area contributed by atoms with E-state index < -0.39 is 17.7 Å². The van der Waals surface area contributed by atoms with Crippen LogP contribution in [0.3, 0.4) is 0 Å². The Kier molecular flexibility index (Phi) is 5.33. The third-order valence-corrected chi connectivity index (χ3v) is 5.75. The molecule has 0 spiro atoms. The minimum atomic E-state index is -0.717. The summed E-state index contributed by atoms with van der Waals surface area (Å²) in [5.74, 6) is -1.38. The molecule has 0 saturated carbocycles. The summed E-state index contributed by atoms with van der Waals surface area (Å²) in [6, 6.07) is 9.74. The van der Waals surface area contributed by atoms with E-state index in [4.69, 9.17) is 0 Å². The van der Waals surface area contributed by atoms with Crippen LogP contribution in [0.4, 0.5) is 10.2 Å². The van der Waals surface area contributed by atoms with Crippen molar-refractivity contribution < 1.29 is 14.0 Å². The Balaban J connectivity index is 1.78. The van der Waals surface area contributed by atoms with Gasteiger partial charge in [-0.15, -0.1) is 0 Å². The number of ketones is 1. The topological polar surface area (TPSA) is 71.4 Å². The number of aromatic nitrogens is 1. The molecule has 1 aliphatic heterocycles. The van der Waals surface area contributed by atoms with E-state index in [0.29, 0.717) is 35.5 Å². The molecule has 1 unspecified atom stereocenters. The van der Waals surface area contributed by atoms with Gasteiger partial charge in [0.1, 0.15) is 11.6 Å². The van der Waals surface area contributed by atoms with Crippen molar-refractivity contribution in [2.45, 2.75) is 39.5 Å². The molecular weight excluding hydrogens is 381 g/mol. The number of carbonyl (C=O) groups is 2. The number of benzene rings is 1. The number of hydrogen-bond donors (Lipinski definition) is 1. The SMILES string of the molecule is CC1=NC2=C(C(=O)C[C@H](C)C2)[C@H](c2cccc(F)c2)C1C(=O)Nc1ccc(C)cn1. The predicted octanol–water partition coefficient (Wildman–Crippen LogP) is 4.60. The highest BCUT2D eigenvalue weighted by molar-refractivity contribution is 6.13. The Bertz CT molecular complexity index is 1070. The number of nitrogens with one attached hydrogen (secondary N) is 1. The summed E-state index contributed by atoms with van der Waals surface area (Å²) in [4.78, 5) is 35.2. The highest BCUT2D eigenvalue weighted by Gasteiger charge is 2.43. The lowest BCUT2D eigenvalue weighted by Crippen LogP contribution is -2.40. The molecule has 154 valence electrons. The Morgan fingerprint density at radius 1 is 1.17 bits per heavy atom. The van der Waals surface area contributed by atoms with Crippen LogP contribution in [0.2, 0.25) is 0 Å². The average molecular weight is 405 g/mol. The Labute approximate surface area is 175 Å². The van der Waals surface area contributed by atoms with E-state index in [1.807, 2.05) is 19.9 Å². The fourth-order valence-electron chi connectivity index (χ4n) is 4.39. The number of anilines is 1. The second-order valence-corrected chi connectivity index (χ2v) is 8.27. The van der Waals surface area contributed by atoms with Crippen molar-refractivity contribution in [3.05, 3.63) is 70.8 Å². The van der Waals surface area contributed by atoms with Gasteiger partial charge in [-0.05, 0) is 55.5 Å². The lowest BCUT2D eigenvalue weighted by atomic mass is 9.70. The van der Waals surface area contributed by atoms with Crippen LogP contribution in [0.25, 0.3) is 0 Å². The van der Waals surface area contributed by atoms with Gasteiger partial charge in [-0.3, -0.25) is 14.6 Å². The number of rotatable bonds is 3. The van der Waals surface area contributed by atoms with Crippen LogP contribution in [0.1, 0.15) is 43.7 Å². The Morgan fingerprint density at radius 2 is 1.97 bits per heavy atom. The van der Waals surface area contributed by atoms with Crippen molar-refractivity contribution in [1.29, 1.82) is 0 Å². The third-order valence-electron chi connectivity index (χ3n) is 5.75. The normalized spacial score (nSPS) is 23.7. The van der Waals surface area contributed by atoms with E-state index in [1.54, 1.807) is 31.3 Å². The number of allylic oxidation sites excluding steroid dienone is 2. The number of amides is 1. The average Bonchev–Trinajstić information content (AvgIpc) is 2.68. The van der Waals surface area contributed by atoms with E-state index in [-0.39, 0.29) is 17.6 Å². The molecule has 4 rings (SSSR count). The van der Waals surface area contributed by atoms with Crippen LogP contribution in [0.15, 0.2) is 58.9 Å². The van der Waals surface area contributed by atoms with Crippen LogP contribution in [0, 0.1) is 24.6 Å². The second-order valence-electron chi connectivity index (χ2n) is 8.27. The minimum Gasteiger partial charge on any atom is -0.310 e. The van der Waals surface area contributed by atoms with E-state index in [2.05, 4.69) is 15.3 Å². The van der Waals surface area contributed by atoms with Crippen LogP contribution < -0.4 is 5.32 Å². The maximum absolute atomic E-state index is 14.1. The zero-order chi connectivity index (χ0) is 21.4. The molecule has 1 aromatic heterocycles. The first-order valence-electron chi connectivity index (χ1n) is 10.1. The molecule has 1 aliphatic carbocycles. The fraction of sp³-hybridized carbons (Fsp3) is 0.333. The summed E-state index contributed by atoms with van der Waals surface area (Å²) in [6.45, 7) is 5.73. The molecule has 5 nitrogen and oxygen atoms in total. The van der Waals surface area contributed by atoms with Gasteiger partial charge >= 0.3 is 0 Å². The predicted molar refractivity (Wildman–Crippen MR) is 114 cm³/mol. The summed E-state index contributed by atoms with van der Waals surface area (Å²) in [5.41, 5.74) is 3.48. The summed E-state index contributed by atoms with van der Waals surface area (Å²) >= 11 is 0. The number of pyridine rings is 1. The van der Waals surface area contributed by atoms with E-state index in [1.165, 1.54) is 12.1 Å². The van der Waals surface area contributed by atoms with Crippen LogP contribution in [0.5, 0.6) is 0 Å². The van der Waals surface area contributed by atoms with Crippen molar-refractivity contribution in [3.8, 4) is 0 Å². The standard InChI is InChI=1S/C24H24FN3O2/c1-13-7-8-20(26-12-13)28-24(30)21-15(3)27-18-9-14(2)10-19(29)23(18)22(21)16-5-4-6-17(25)11-16/h4-8,11-12,14,21-22H,9-10H2,1-3H3,(H,26,28,30)/t14-,21?,22-/m1/s1. The van der Waals surface area contributed by atoms with Gasteiger partial charge in [-0.2, -0.15) is 0 Å². The summed E-state index contributed by atoms with van der Waals surface area (Å²) < 4.78 is 14.1. The highest BCUT2D eigenvalue weighted by atomic mass is 19.1. The second kappa shape index (κ2) is 7.94. The molecule has 0 bridgehead atoms. The van der Waals surface area contributed by atoms with Gasteiger partial charge in [0.15, 0.2) is 5.78 Å². The van der Waals surface area contributed by atoms with Crippen LogP contribution in [-0.2, 0) is 9.59 Å². The largest absolute Gasteiger partial charge is 0.310 e. The number of halogens is 1. The maximum atomic E-state index is 14.1. The smallest absolute Gasteiger partial charge is 0.235 e. The first-order valence-corrected chi connectivity index (χ1v) is 10.1. The molecular formula is C24H24FN3O2. The number of nitrogens with zero attached hydrogens (tertiary/aromatic N) is 2. The van der Waals surface area contributed by atoms with Crippen LogP contribution >= 0.6 is 0 Å². The minimum absolute atomic E-state index is 0.0134. The lowest BCUT2D eigenvalue weighted by Gasteiger charge is -2.36. The first-order chi connectivity index (χ1) is 14.3. The molecule has 2 heterocycles. The van der Waals surface area contributed by atoms with Crippen molar-refractivity contribution in [2.75, 3.05) is 5.32 Å². The monoisotopic (exact) mass is 405 g/mol. The maximum Gasteiger partial charge on any atom is 0.235 e. The third kappa shape index (κ3) is 3.82. The molecule has 0 fully saturated rings. The number of hydrogen-bond acceptors (Lipinski definition) is 4. The Morgan fingerprint density at radius 3 is 2.67 bits per heavy atom. The van der Waals surface area contributed by atoms with Crippen molar-refractivity contribution in [3.63, 3.8) is 0 Å². The highest BCUT2D eigenvalue weighted by Crippen LogP contribution is 2.44. The molecule has 1 aromatic carbocycles. The number of aliphatic imine (C=N–C) groups is 1. The van der Waals surface area contributed by atoms with Gasteiger partial charge in [0.2, 0.25) is 5.91 Å². The molecule has 0 saturated heterocycles. The van der Waals surface area contributed by atoms with E-state index in [0.717, 1.165) is 11.3 Å². The van der Waals surface area contributed by atoms with Gasteiger partial charge < -0.3 is 5.32 Å². The van der Waals surface area contributed by atoms with Crippen LogP contribution in [-0.4, -0.2) is 22.4 Å². The molecule has 1 N–H and O–H groups in total. The van der Waals surface area contributed by atoms with E-state index in [9.17, 15) is 14.0 Å². The Hall–Kier alpha value is -3.15. The van der Waals surface area contributed by atoms with E-state index >= 15 is 0 Å². The van der Waals surface area contributed by atoms with Crippen molar-refractivity contribution in [2.24, 2.45) is 16.8 Å². The molecule has 3 atom stereocenters. The zero-order valence-electron chi connectivity index (χ0n) is 17.3. The van der Waals surface area contributed by atoms with Gasteiger partial charge in [-0.25, -0.2) is 9.37 Å². The quantitative estimate of drug-likeness (QED) is 0.812. The summed E-state index contributed by atoms with van der Waals surface area (Å²) in [7, 11) is 0. The zero-order valence-corrected chi connectivity index (χ0v) is 17.3. The first kappa shape index (κ1) is 20.1. The lowest BCUT2D eigenvalue weighted by molar-refractivity contribution is -0.119. The van der Waals surface area contributed by atoms with Crippen molar-refractivity contribution >= 4 is 23.2 Å². The number of aryl methyl sites for hydroxylation is 1. The van der Waals surface area contributed by atoms with Gasteiger partial charge in [0.25, 0.3) is 0 Å². The molecule has 0 radical (unpaired) electrons. The molecule has 1 amide bonds. The number of carbonyl (C=O) groups excluding carboxylic acids is 2. The molecule has 2 aliphatic rings. The molecule has 30 heavy (non-hydrogen) atoms. The van der Waals surface area contributed by atoms with Gasteiger partial charge in [0.05, 0.1) is 5.92 Å². The fourth-order valence-corrected chi connectivity index (χ4v) is 4.39. The number of Topliss-reactive ketones (excluding diaryl/α,β-unsaturated/α-hetero) is 1. The summed E-state index contributed by atoms with van der Waals surface area (Å²) in [6.07, 6.45) is 2.76. The summed E-state index contributed by atoms with van der Waals surface area (Å²) in [5, 5.41) is 2.84. The molecule has 2 aromatic rings. The molecule has 6 heteroatoms. The van der Waals surface area contributed by atoms with Crippen molar-refractivity contribution in [1.82, 2.24) is 4.98 Å².